The van der Waals surface area contributed by atoms with E-state index in [0.717, 1.165) is 36.9 Å². The molecular formula is C16H19N3OS. The smallest absolute Gasteiger partial charge is 0.246 e. The zero-order chi connectivity index (χ0) is 14.9. The quantitative estimate of drug-likeness (QED) is 0.913. The van der Waals surface area contributed by atoms with E-state index in [9.17, 15) is 4.79 Å². The van der Waals surface area contributed by atoms with Gasteiger partial charge in [-0.05, 0) is 19.8 Å². The molecule has 2 aromatic rings. The van der Waals surface area contributed by atoms with Crippen LogP contribution in [0.1, 0.15) is 31.2 Å². The average Bonchev–Trinajstić information content (AvgIpc) is 3.10. The average molecular weight is 301 g/mol. The molecule has 21 heavy (non-hydrogen) atoms. The summed E-state index contributed by atoms with van der Waals surface area (Å²) in [4.78, 5) is 16.7. The van der Waals surface area contributed by atoms with Crippen LogP contribution in [0, 0.1) is 6.92 Å². The number of nitrogens with zero attached hydrogens (tertiary/aromatic N) is 1. The van der Waals surface area contributed by atoms with Crippen LogP contribution in [-0.4, -0.2) is 16.4 Å². The molecule has 1 amide bonds. The summed E-state index contributed by atoms with van der Waals surface area (Å²) in [7, 11) is 0. The molecule has 110 valence electrons. The molecular weight excluding hydrogens is 282 g/mol. The fourth-order valence-electron chi connectivity index (χ4n) is 2.64. The molecule has 1 heterocycles. The van der Waals surface area contributed by atoms with Gasteiger partial charge in [0.15, 0.2) is 5.13 Å². The summed E-state index contributed by atoms with van der Waals surface area (Å²) in [6.45, 7) is 2.05. The van der Waals surface area contributed by atoms with Crippen LogP contribution in [0.3, 0.4) is 0 Å². The normalized spacial score (nSPS) is 16.9. The number of carbonyl (C=O) groups is 1. The molecule has 1 aromatic heterocycles. The molecule has 0 radical (unpaired) electrons. The van der Waals surface area contributed by atoms with Crippen LogP contribution in [-0.2, 0) is 4.79 Å². The molecule has 0 spiro atoms. The Kier molecular flexibility index (Phi) is 3.78. The number of hydrogen-bond acceptors (Lipinski definition) is 4. The Labute approximate surface area is 128 Å². The minimum Gasteiger partial charge on any atom is -0.317 e. The van der Waals surface area contributed by atoms with Crippen molar-refractivity contribution in [3.63, 3.8) is 0 Å². The highest BCUT2D eigenvalue weighted by molar-refractivity contribution is 7.14. The van der Waals surface area contributed by atoms with E-state index in [1.54, 1.807) is 0 Å². The van der Waals surface area contributed by atoms with Crippen molar-refractivity contribution < 1.29 is 4.79 Å². The van der Waals surface area contributed by atoms with E-state index in [1.807, 2.05) is 17.5 Å². The number of aromatic nitrogens is 1. The molecule has 0 unspecified atom stereocenters. The monoisotopic (exact) mass is 301 g/mol. The standard InChI is InChI=1S/C16H19N3OS/c1-11-4-6-12(7-5-11)13-10-21-15(18-13)19-14(20)16(17)8-2-3-9-16/h4-7,10H,2-3,8-9,17H2,1H3,(H,18,19,20). The van der Waals surface area contributed by atoms with E-state index < -0.39 is 5.54 Å². The maximum Gasteiger partial charge on any atom is 0.246 e. The number of thiazole rings is 1. The number of amides is 1. The summed E-state index contributed by atoms with van der Waals surface area (Å²) >= 11 is 1.44. The lowest BCUT2D eigenvalue weighted by Gasteiger charge is -2.21. The van der Waals surface area contributed by atoms with Crippen molar-refractivity contribution in [2.24, 2.45) is 5.73 Å². The third-order valence-electron chi connectivity index (χ3n) is 4.02. The second kappa shape index (κ2) is 5.58. The fraction of sp³-hybridized carbons (Fsp3) is 0.375. The Morgan fingerprint density at radius 1 is 1.29 bits per heavy atom. The SMILES string of the molecule is Cc1ccc(-c2csc(NC(=O)C3(N)CCCC3)n2)cc1. The van der Waals surface area contributed by atoms with Gasteiger partial charge in [-0.3, -0.25) is 4.79 Å². The van der Waals surface area contributed by atoms with Crippen LogP contribution in [0.4, 0.5) is 5.13 Å². The predicted octanol–water partition coefficient (Wildman–Crippen LogP) is 3.33. The molecule has 0 aliphatic heterocycles. The van der Waals surface area contributed by atoms with Gasteiger partial charge in [0.05, 0.1) is 11.2 Å². The van der Waals surface area contributed by atoms with Gasteiger partial charge in [0, 0.05) is 10.9 Å². The van der Waals surface area contributed by atoms with Gasteiger partial charge in [-0.25, -0.2) is 4.98 Å². The summed E-state index contributed by atoms with van der Waals surface area (Å²) in [5, 5.41) is 5.44. The Bertz CT molecular complexity index is 642. The maximum absolute atomic E-state index is 12.3. The molecule has 1 aliphatic rings. The molecule has 4 nitrogen and oxygen atoms in total. The molecule has 5 heteroatoms. The summed E-state index contributed by atoms with van der Waals surface area (Å²) in [6, 6.07) is 8.19. The lowest BCUT2D eigenvalue weighted by Crippen LogP contribution is -2.48. The van der Waals surface area contributed by atoms with Gasteiger partial charge in [0.25, 0.3) is 0 Å². The zero-order valence-corrected chi connectivity index (χ0v) is 12.9. The molecule has 0 saturated heterocycles. The van der Waals surface area contributed by atoms with Crippen molar-refractivity contribution in [2.75, 3.05) is 5.32 Å². The van der Waals surface area contributed by atoms with Gasteiger partial charge in [0.1, 0.15) is 0 Å². The fourth-order valence-corrected chi connectivity index (χ4v) is 3.36. The van der Waals surface area contributed by atoms with Gasteiger partial charge < -0.3 is 11.1 Å². The molecule has 1 saturated carbocycles. The lowest BCUT2D eigenvalue weighted by molar-refractivity contribution is -0.121. The van der Waals surface area contributed by atoms with Crippen molar-refractivity contribution in [3.8, 4) is 11.3 Å². The molecule has 0 bridgehead atoms. The van der Waals surface area contributed by atoms with E-state index in [-0.39, 0.29) is 5.91 Å². The second-order valence-corrected chi connectivity index (χ2v) is 6.58. The third-order valence-corrected chi connectivity index (χ3v) is 4.78. The number of hydrogen-bond donors (Lipinski definition) is 2. The minimum atomic E-state index is -0.713. The molecule has 1 aliphatic carbocycles. The first-order valence-electron chi connectivity index (χ1n) is 7.20. The molecule has 1 fully saturated rings. The summed E-state index contributed by atoms with van der Waals surface area (Å²) in [5.74, 6) is -0.107. The Morgan fingerprint density at radius 2 is 1.95 bits per heavy atom. The Morgan fingerprint density at radius 3 is 2.62 bits per heavy atom. The number of nitrogens with one attached hydrogen (secondary N) is 1. The third kappa shape index (κ3) is 2.99. The summed E-state index contributed by atoms with van der Waals surface area (Å²) in [6.07, 6.45) is 3.57. The van der Waals surface area contributed by atoms with Crippen molar-refractivity contribution in [2.45, 2.75) is 38.1 Å². The van der Waals surface area contributed by atoms with E-state index in [4.69, 9.17) is 5.73 Å². The summed E-state index contributed by atoms with van der Waals surface area (Å²) < 4.78 is 0. The lowest BCUT2D eigenvalue weighted by atomic mass is 9.98. The molecule has 0 atom stereocenters. The van der Waals surface area contributed by atoms with E-state index >= 15 is 0 Å². The Hall–Kier alpha value is -1.72. The van der Waals surface area contributed by atoms with Gasteiger partial charge >= 0.3 is 0 Å². The first-order chi connectivity index (χ1) is 10.1. The van der Waals surface area contributed by atoms with Crippen molar-refractivity contribution in [1.29, 1.82) is 0 Å². The van der Waals surface area contributed by atoms with Crippen LogP contribution in [0.2, 0.25) is 0 Å². The highest BCUT2D eigenvalue weighted by Gasteiger charge is 2.37. The molecule has 3 N–H and O–H groups in total. The van der Waals surface area contributed by atoms with Gasteiger partial charge in [0.2, 0.25) is 5.91 Å². The second-order valence-electron chi connectivity index (χ2n) is 5.72. The van der Waals surface area contributed by atoms with Crippen LogP contribution in [0.5, 0.6) is 0 Å². The number of nitrogens with two attached hydrogens (primary N) is 1. The number of carbonyl (C=O) groups excluding carboxylic acids is 1. The van der Waals surface area contributed by atoms with E-state index in [2.05, 4.69) is 29.4 Å². The molecule has 3 rings (SSSR count). The predicted molar refractivity (Wildman–Crippen MR) is 86.3 cm³/mol. The number of benzene rings is 1. The van der Waals surface area contributed by atoms with Gasteiger partial charge in [-0.2, -0.15) is 0 Å². The van der Waals surface area contributed by atoms with Crippen molar-refractivity contribution in [3.05, 3.63) is 35.2 Å². The Balaban J connectivity index is 1.73. The first-order valence-corrected chi connectivity index (χ1v) is 8.08. The number of anilines is 1. The van der Waals surface area contributed by atoms with Crippen molar-refractivity contribution in [1.82, 2.24) is 4.98 Å². The maximum atomic E-state index is 12.3. The highest BCUT2D eigenvalue weighted by Crippen LogP contribution is 2.30. The van der Waals surface area contributed by atoms with Crippen LogP contribution in [0.15, 0.2) is 29.6 Å². The van der Waals surface area contributed by atoms with Crippen LogP contribution >= 0.6 is 11.3 Å². The van der Waals surface area contributed by atoms with Crippen molar-refractivity contribution >= 4 is 22.4 Å². The first kappa shape index (κ1) is 14.2. The number of rotatable bonds is 3. The largest absolute Gasteiger partial charge is 0.317 e. The minimum absolute atomic E-state index is 0.107. The molecule has 1 aromatic carbocycles. The van der Waals surface area contributed by atoms with Crippen LogP contribution < -0.4 is 11.1 Å². The summed E-state index contributed by atoms with van der Waals surface area (Å²) in [5.41, 5.74) is 8.59. The van der Waals surface area contributed by atoms with E-state index in [0.29, 0.717) is 5.13 Å². The zero-order valence-electron chi connectivity index (χ0n) is 12.1. The highest BCUT2D eigenvalue weighted by atomic mass is 32.1. The topological polar surface area (TPSA) is 68.0 Å². The number of aryl methyl sites for hydroxylation is 1. The van der Waals surface area contributed by atoms with Crippen LogP contribution in [0.25, 0.3) is 11.3 Å². The van der Waals surface area contributed by atoms with Gasteiger partial charge in [-0.1, -0.05) is 42.7 Å². The van der Waals surface area contributed by atoms with Gasteiger partial charge in [-0.15, -0.1) is 11.3 Å². The van der Waals surface area contributed by atoms with E-state index in [1.165, 1.54) is 16.9 Å².